The zero-order chi connectivity index (χ0) is 11.3. The third-order valence-electron chi connectivity index (χ3n) is 2.28. The zero-order valence-electron chi connectivity index (χ0n) is 8.44. The van der Waals surface area contributed by atoms with Gasteiger partial charge < -0.3 is 16.2 Å². The minimum absolute atomic E-state index is 0.187. The first-order valence-electron chi connectivity index (χ1n) is 4.99. The average molecular weight is 232 g/mol. The molecule has 1 heterocycles. The fourth-order valence-corrected chi connectivity index (χ4v) is 2.44. The van der Waals surface area contributed by atoms with Crippen molar-refractivity contribution >= 4 is 23.6 Å². The second-order valence-corrected chi connectivity index (χ2v) is 4.79. The van der Waals surface area contributed by atoms with Crippen LogP contribution in [-0.4, -0.2) is 40.6 Å². The van der Waals surface area contributed by atoms with Crippen LogP contribution in [0.15, 0.2) is 0 Å². The Labute approximate surface area is 92.8 Å². The molecule has 4 N–H and O–H groups in total. The van der Waals surface area contributed by atoms with Crippen LogP contribution < -0.4 is 11.1 Å². The first kappa shape index (κ1) is 12.3. The molecule has 0 aromatic heterocycles. The molecule has 0 bridgehead atoms. The lowest BCUT2D eigenvalue weighted by Gasteiger charge is -2.18. The molecular weight excluding hydrogens is 216 g/mol. The summed E-state index contributed by atoms with van der Waals surface area (Å²) in [5.74, 6) is -0.635. The van der Waals surface area contributed by atoms with E-state index in [2.05, 4.69) is 5.32 Å². The van der Waals surface area contributed by atoms with E-state index >= 15 is 0 Å². The van der Waals surface area contributed by atoms with Crippen LogP contribution in [0.5, 0.6) is 0 Å². The highest BCUT2D eigenvalue weighted by Crippen LogP contribution is 2.19. The number of amides is 1. The molecule has 2 atom stereocenters. The molecule has 1 amide bonds. The van der Waals surface area contributed by atoms with Crippen molar-refractivity contribution in [2.75, 3.05) is 12.3 Å². The molecule has 1 saturated heterocycles. The van der Waals surface area contributed by atoms with Gasteiger partial charge in [-0.1, -0.05) is 6.42 Å². The average Bonchev–Trinajstić information content (AvgIpc) is 2.20. The Hall–Kier alpha value is -0.750. The van der Waals surface area contributed by atoms with E-state index in [1.165, 1.54) is 11.8 Å². The van der Waals surface area contributed by atoms with E-state index in [9.17, 15) is 9.59 Å². The number of hydrogen-bond acceptors (Lipinski definition) is 4. The zero-order valence-corrected chi connectivity index (χ0v) is 9.26. The quantitative estimate of drug-likeness (QED) is 0.582. The summed E-state index contributed by atoms with van der Waals surface area (Å²) >= 11 is 1.25. The van der Waals surface area contributed by atoms with Crippen LogP contribution in [0.4, 0.5) is 0 Å². The Balaban J connectivity index is 2.52. The summed E-state index contributed by atoms with van der Waals surface area (Å²) in [6.07, 6.45) is 2.27. The minimum Gasteiger partial charge on any atom is -0.480 e. The predicted molar refractivity (Wildman–Crippen MR) is 58.7 cm³/mol. The van der Waals surface area contributed by atoms with Crippen molar-refractivity contribution < 1.29 is 14.7 Å². The van der Waals surface area contributed by atoms with E-state index < -0.39 is 17.3 Å². The molecule has 0 radical (unpaired) electrons. The Bertz CT molecular complexity index is 248. The minimum atomic E-state index is -0.812. The van der Waals surface area contributed by atoms with E-state index in [1.54, 1.807) is 0 Å². The van der Waals surface area contributed by atoms with E-state index in [-0.39, 0.29) is 5.91 Å². The van der Waals surface area contributed by atoms with Crippen LogP contribution in [0.1, 0.15) is 19.3 Å². The number of nitrogens with one attached hydrogen (secondary N) is 1. The largest absolute Gasteiger partial charge is 0.480 e. The fourth-order valence-electron chi connectivity index (χ4n) is 1.37. The molecule has 0 saturated carbocycles. The summed E-state index contributed by atoms with van der Waals surface area (Å²) < 4.78 is 0. The van der Waals surface area contributed by atoms with Crippen molar-refractivity contribution in [2.24, 2.45) is 5.73 Å². The molecule has 1 aliphatic heterocycles. The lowest BCUT2D eigenvalue weighted by Crippen LogP contribution is -2.43. The van der Waals surface area contributed by atoms with Gasteiger partial charge in [0.2, 0.25) is 5.91 Å². The van der Waals surface area contributed by atoms with Crippen LogP contribution in [-0.2, 0) is 9.59 Å². The van der Waals surface area contributed by atoms with Gasteiger partial charge >= 0.3 is 5.97 Å². The van der Waals surface area contributed by atoms with Crippen LogP contribution >= 0.6 is 11.8 Å². The van der Waals surface area contributed by atoms with Gasteiger partial charge in [-0.15, -0.1) is 11.8 Å². The van der Waals surface area contributed by atoms with Crippen molar-refractivity contribution in [1.82, 2.24) is 5.32 Å². The summed E-state index contributed by atoms with van der Waals surface area (Å²) in [5, 5.41) is 11.2. The highest BCUT2D eigenvalue weighted by Gasteiger charge is 2.22. The molecule has 2 unspecified atom stereocenters. The van der Waals surface area contributed by atoms with Crippen LogP contribution in [0, 0.1) is 0 Å². The molecule has 5 nitrogen and oxygen atoms in total. The van der Waals surface area contributed by atoms with E-state index in [0.717, 1.165) is 12.8 Å². The third-order valence-corrected chi connectivity index (χ3v) is 3.67. The maximum absolute atomic E-state index is 11.3. The second kappa shape index (κ2) is 5.97. The maximum Gasteiger partial charge on any atom is 0.316 e. The molecule has 0 aromatic rings. The number of carboxylic acid groups (broad SMARTS) is 1. The summed E-state index contributed by atoms with van der Waals surface area (Å²) in [6.45, 7) is 0.587. The highest BCUT2D eigenvalue weighted by atomic mass is 32.2. The fraction of sp³-hybridized carbons (Fsp3) is 0.778. The van der Waals surface area contributed by atoms with Crippen molar-refractivity contribution in [3.8, 4) is 0 Å². The van der Waals surface area contributed by atoms with Gasteiger partial charge in [0.1, 0.15) is 5.25 Å². The molecule has 0 aliphatic carbocycles. The highest BCUT2D eigenvalue weighted by molar-refractivity contribution is 8.00. The molecule has 1 fully saturated rings. The summed E-state index contributed by atoms with van der Waals surface area (Å²) in [5.41, 5.74) is 5.60. The topological polar surface area (TPSA) is 92.4 Å². The first-order valence-corrected chi connectivity index (χ1v) is 6.04. The van der Waals surface area contributed by atoms with Gasteiger partial charge in [0.15, 0.2) is 0 Å². The second-order valence-electron chi connectivity index (χ2n) is 3.55. The van der Waals surface area contributed by atoms with Crippen molar-refractivity contribution in [1.29, 1.82) is 0 Å². The van der Waals surface area contributed by atoms with E-state index in [1.807, 2.05) is 0 Å². The third kappa shape index (κ3) is 4.09. The first-order chi connectivity index (χ1) is 7.11. The summed E-state index contributed by atoms with van der Waals surface area (Å²) in [7, 11) is 0. The molecule has 0 aromatic carbocycles. The van der Waals surface area contributed by atoms with Gasteiger partial charge in [-0.2, -0.15) is 0 Å². The molecular formula is C9H16N2O3S. The van der Waals surface area contributed by atoms with Crippen LogP contribution in [0.25, 0.3) is 0 Å². The van der Waals surface area contributed by atoms with Gasteiger partial charge in [0, 0.05) is 12.3 Å². The van der Waals surface area contributed by atoms with Crippen molar-refractivity contribution in [3.05, 3.63) is 0 Å². The van der Waals surface area contributed by atoms with Gasteiger partial charge in [-0.05, 0) is 12.8 Å². The lowest BCUT2D eigenvalue weighted by molar-refractivity contribution is -0.136. The smallest absolute Gasteiger partial charge is 0.316 e. The number of nitrogens with two attached hydrogens (primary N) is 1. The molecule has 0 spiro atoms. The number of hydrogen-bond donors (Lipinski definition) is 3. The molecule has 1 rings (SSSR count). The standard InChI is InChI=1S/C9H16N2O3S/c10-6-5-15-7(9(13)14)3-1-2-4-11-8(6)12/h6-7H,1-5,10H2,(H,11,12)(H,13,14). The van der Waals surface area contributed by atoms with Crippen molar-refractivity contribution in [3.63, 3.8) is 0 Å². The number of aliphatic carboxylic acids is 1. The number of carboxylic acids is 1. The normalized spacial score (nSPS) is 29.3. The number of carbonyl (C=O) groups excluding carboxylic acids is 1. The Morgan fingerprint density at radius 3 is 2.93 bits per heavy atom. The number of carbonyl (C=O) groups is 2. The SMILES string of the molecule is NC1CSC(C(=O)O)CCCCNC1=O. The monoisotopic (exact) mass is 232 g/mol. The predicted octanol–water partition coefficient (Wildman–Crippen LogP) is -0.200. The van der Waals surface area contributed by atoms with E-state index in [4.69, 9.17) is 10.8 Å². The summed E-state index contributed by atoms with van der Waals surface area (Å²) in [4.78, 5) is 22.2. The maximum atomic E-state index is 11.3. The number of thioether (sulfide) groups is 1. The van der Waals surface area contributed by atoms with Gasteiger partial charge in [0.25, 0.3) is 0 Å². The molecule has 86 valence electrons. The molecule has 15 heavy (non-hydrogen) atoms. The van der Waals surface area contributed by atoms with Gasteiger partial charge in [-0.25, -0.2) is 0 Å². The Morgan fingerprint density at radius 2 is 2.27 bits per heavy atom. The summed E-state index contributed by atoms with van der Waals surface area (Å²) in [6, 6.07) is -0.602. The van der Waals surface area contributed by atoms with Gasteiger partial charge in [-0.3, -0.25) is 9.59 Å². The van der Waals surface area contributed by atoms with Crippen LogP contribution in [0.2, 0.25) is 0 Å². The van der Waals surface area contributed by atoms with E-state index in [0.29, 0.717) is 18.7 Å². The van der Waals surface area contributed by atoms with Crippen molar-refractivity contribution in [2.45, 2.75) is 30.6 Å². The Kier molecular flexibility index (Phi) is 4.90. The number of rotatable bonds is 1. The molecule has 1 aliphatic rings. The molecule has 6 heteroatoms. The van der Waals surface area contributed by atoms with Gasteiger partial charge in [0.05, 0.1) is 6.04 Å². The lowest BCUT2D eigenvalue weighted by atomic mass is 10.2. The Morgan fingerprint density at radius 1 is 1.53 bits per heavy atom. The van der Waals surface area contributed by atoms with Crippen LogP contribution in [0.3, 0.4) is 0 Å².